The SMILES string of the molecule is CCc1nc(Cl)cc(-c2ccc(OC)cc2C)n1. The predicted molar refractivity (Wildman–Crippen MR) is 73.1 cm³/mol. The Hall–Kier alpha value is -1.61. The van der Waals surface area contributed by atoms with Crippen molar-refractivity contribution in [2.45, 2.75) is 20.3 Å². The second-order valence-electron chi connectivity index (χ2n) is 4.03. The van der Waals surface area contributed by atoms with Gasteiger partial charge in [-0.15, -0.1) is 0 Å². The van der Waals surface area contributed by atoms with Crippen LogP contribution in [0.2, 0.25) is 5.15 Å². The van der Waals surface area contributed by atoms with Crippen LogP contribution < -0.4 is 4.74 Å². The van der Waals surface area contributed by atoms with Crippen LogP contribution in [-0.2, 0) is 6.42 Å². The number of aromatic nitrogens is 2. The minimum absolute atomic E-state index is 0.479. The molecule has 0 aliphatic heterocycles. The molecule has 0 saturated carbocycles. The molecular formula is C14H15ClN2O. The fraction of sp³-hybridized carbons (Fsp3) is 0.286. The monoisotopic (exact) mass is 262 g/mol. The first-order valence-corrected chi connectivity index (χ1v) is 6.20. The summed E-state index contributed by atoms with van der Waals surface area (Å²) in [6, 6.07) is 7.68. The van der Waals surface area contributed by atoms with Crippen LogP contribution in [0.1, 0.15) is 18.3 Å². The van der Waals surface area contributed by atoms with Gasteiger partial charge in [0.15, 0.2) is 0 Å². The summed E-state index contributed by atoms with van der Waals surface area (Å²) in [7, 11) is 1.66. The summed E-state index contributed by atoms with van der Waals surface area (Å²) in [5, 5.41) is 0.479. The second kappa shape index (κ2) is 5.36. The largest absolute Gasteiger partial charge is 0.497 e. The molecule has 1 aromatic carbocycles. The second-order valence-corrected chi connectivity index (χ2v) is 4.41. The average Bonchev–Trinajstić information content (AvgIpc) is 2.37. The Balaban J connectivity index is 2.51. The third-order valence-electron chi connectivity index (χ3n) is 2.77. The first-order valence-electron chi connectivity index (χ1n) is 5.82. The molecule has 0 atom stereocenters. The van der Waals surface area contributed by atoms with Crippen molar-refractivity contribution in [3.05, 3.63) is 40.8 Å². The van der Waals surface area contributed by atoms with Crippen LogP contribution in [0.15, 0.2) is 24.3 Å². The van der Waals surface area contributed by atoms with Crippen LogP contribution in [0.4, 0.5) is 0 Å². The number of nitrogens with zero attached hydrogens (tertiary/aromatic N) is 2. The van der Waals surface area contributed by atoms with Gasteiger partial charge in [-0.05, 0) is 30.7 Å². The summed E-state index contributed by atoms with van der Waals surface area (Å²) in [6.45, 7) is 4.04. The standard InChI is InChI=1S/C14H15ClN2O/c1-4-14-16-12(8-13(15)17-14)11-6-5-10(18-3)7-9(11)2/h5-8H,4H2,1-3H3. The molecule has 2 aromatic rings. The molecule has 18 heavy (non-hydrogen) atoms. The molecule has 0 amide bonds. The van der Waals surface area contributed by atoms with Gasteiger partial charge in [-0.3, -0.25) is 0 Å². The highest BCUT2D eigenvalue weighted by molar-refractivity contribution is 6.29. The van der Waals surface area contributed by atoms with Crippen molar-refractivity contribution in [2.75, 3.05) is 7.11 Å². The van der Waals surface area contributed by atoms with E-state index in [2.05, 4.69) is 9.97 Å². The van der Waals surface area contributed by atoms with Crippen LogP contribution in [0.3, 0.4) is 0 Å². The van der Waals surface area contributed by atoms with Crippen LogP contribution in [-0.4, -0.2) is 17.1 Å². The molecule has 94 valence electrons. The van der Waals surface area contributed by atoms with Gasteiger partial charge in [-0.25, -0.2) is 9.97 Å². The summed E-state index contributed by atoms with van der Waals surface area (Å²) in [5.74, 6) is 1.60. The van der Waals surface area contributed by atoms with E-state index >= 15 is 0 Å². The lowest BCUT2D eigenvalue weighted by Crippen LogP contribution is -1.97. The van der Waals surface area contributed by atoms with E-state index in [1.54, 1.807) is 13.2 Å². The molecule has 3 nitrogen and oxygen atoms in total. The molecule has 2 rings (SSSR count). The van der Waals surface area contributed by atoms with Gasteiger partial charge in [0.1, 0.15) is 16.7 Å². The lowest BCUT2D eigenvalue weighted by Gasteiger charge is -2.09. The van der Waals surface area contributed by atoms with Crippen molar-refractivity contribution >= 4 is 11.6 Å². The lowest BCUT2D eigenvalue weighted by atomic mass is 10.1. The van der Waals surface area contributed by atoms with Gasteiger partial charge in [0.05, 0.1) is 12.8 Å². The lowest BCUT2D eigenvalue weighted by molar-refractivity contribution is 0.414. The molecule has 1 heterocycles. The highest BCUT2D eigenvalue weighted by Gasteiger charge is 2.08. The van der Waals surface area contributed by atoms with Gasteiger partial charge >= 0.3 is 0 Å². The summed E-state index contributed by atoms with van der Waals surface area (Å²) >= 11 is 6.01. The maximum atomic E-state index is 6.01. The van der Waals surface area contributed by atoms with E-state index in [1.807, 2.05) is 32.0 Å². The molecule has 0 fully saturated rings. The Morgan fingerprint density at radius 3 is 2.61 bits per heavy atom. The zero-order chi connectivity index (χ0) is 13.1. The molecule has 0 aliphatic carbocycles. The van der Waals surface area contributed by atoms with Crippen molar-refractivity contribution < 1.29 is 4.74 Å². The van der Waals surface area contributed by atoms with Gasteiger partial charge in [0.2, 0.25) is 0 Å². The highest BCUT2D eigenvalue weighted by atomic mass is 35.5. The Labute approximate surface area is 112 Å². The normalized spacial score (nSPS) is 10.4. The topological polar surface area (TPSA) is 35.0 Å². The fourth-order valence-corrected chi connectivity index (χ4v) is 2.01. The van der Waals surface area contributed by atoms with Crippen molar-refractivity contribution in [1.82, 2.24) is 9.97 Å². The summed E-state index contributed by atoms with van der Waals surface area (Å²) in [5.41, 5.74) is 3.01. The number of methoxy groups -OCH3 is 1. The summed E-state index contributed by atoms with van der Waals surface area (Å²) in [4.78, 5) is 8.67. The highest BCUT2D eigenvalue weighted by Crippen LogP contribution is 2.26. The smallest absolute Gasteiger partial charge is 0.133 e. The van der Waals surface area contributed by atoms with E-state index in [0.717, 1.165) is 34.8 Å². The van der Waals surface area contributed by atoms with Gasteiger partial charge in [-0.1, -0.05) is 18.5 Å². The molecule has 0 aliphatic rings. The number of aryl methyl sites for hydroxylation is 2. The van der Waals surface area contributed by atoms with Gasteiger partial charge < -0.3 is 4.74 Å². The maximum absolute atomic E-state index is 6.01. The molecule has 1 aromatic heterocycles. The third kappa shape index (κ3) is 2.62. The van der Waals surface area contributed by atoms with Crippen LogP contribution in [0, 0.1) is 6.92 Å². The van der Waals surface area contributed by atoms with Crippen LogP contribution >= 0.6 is 11.6 Å². The van der Waals surface area contributed by atoms with E-state index in [0.29, 0.717) is 5.15 Å². The first kappa shape index (κ1) is 12.8. The fourth-order valence-electron chi connectivity index (χ4n) is 1.81. The molecule has 0 unspecified atom stereocenters. The van der Waals surface area contributed by atoms with E-state index in [9.17, 15) is 0 Å². The molecule has 0 bridgehead atoms. The van der Waals surface area contributed by atoms with Gasteiger partial charge in [0.25, 0.3) is 0 Å². The summed E-state index contributed by atoms with van der Waals surface area (Å²) < 4.78 is 5.20. The van der Waals surface area contributed by atoms with Crippen LogP contribution in [0.5, 0.6) is 5.75 Å². The first-order chi connectivity index (χ1) is 8.63. The summed E-state index contributed by atoms with van der Waals surface area (Å²) in [6.07, 6.45) is 0.767. The Kier molecular flexibility index (Phi) is 3.82. The van der Waals surface area contributed by atoms with E-state index < -0.39 is 0 Å². The van der Waals surface area contributed by atoms with Gasteiger partial charge in [0, 0.05) is 18.1 Å². The quantitative estimate of drug-likeness (QED) is 0.792. The van der Waals surface area contributed by atoms with E-state index in [1.165, 1.54) is 0 Å². The molecule has 0 radical (unpaired) electrons. The molecule has 4 heteroatoms. The Morgan fingerprint density at radius 2 is 2.00 bits per heavy atom. The Bertz CT molecular complexity index is 570. The molecule has 0 saturated heterocycles. The zero-order valence-electron chi connectivity index (χ0n) is 10.7. The van der Waals surface area contributed by atoms with Crippen LogP contribution in [0.25, 0.3) is 11.3 Å². The number of hydrogen-bond acceptors (Lipinski definition) is 3. The number of benzene rings is 1. The third-order valence-corrected chi connectivity index (χ3v) is 2.96. The van der Waals surface area contributed by atoms with Crippen molar-refractivity contribution in [3.8, 4) is 17.0 Å². The number of halogens is 1. The van der Waals surface area contributed by atoms with E-state index in [4.69, 9.17) is 16.3 Å². The molecular weight excluding hydrogens is 248 g/mol. The van der Waals surface area contributed by atoms with Gasteiger partial charge in [-0.2, -0.15) is 0 Å². The number of hydrogen-bond donors (Lipinski definition) is 0. The minimum Gasteiger partial charge on any atom is -0.497 e. The van der Waals surface area contributed by atoms with Crippen molar-refractivity contribution in [1.29, 1.82) is 0 Å². The number of rotatable bonds is 3. The predicted octanol–water partition coefficient (Wildman–Crippen LogP) is 3.68. The van der Waals surface area contributed by atoms with E-state index in [-0.39, 0.29) is 0 Å². The van der Waals surface area contributed by atoms with Crippen molar-refractivity contribution in [2.24, 2.45) is 0 Å². The maximum Gasteiger partial charge on any atom is 0.133 e. The number of ether oxygens (including phenoxy) is 1. The van der Waals surface area contributed by atoms with Crippen molar-refractivity contribution in [3.63, 3.8) is 0 Å². The molecule has 0 N–H and O–H groups in total. The zero-order valence-corrected chi connectivity index (χ0v) is 11.5. The average molecular weight is 263 g/mol. The minimum atomic E-state index is 0.479. The Morgan fingerprint density at radius 1 is 1.22 bits per heavy atom. The molecule has 0 spiro atoms.